The lowest BCUT2D eigenvalue weighted by Gasteiger charge is -2.29. The number of ether oxygens (including phenoxy) is 2. The van der Waals surface area contributed by atoms with E-state index < -0.39 is 6.04 Å². The van der Waals surface area contributed by atoms with E-state index in [-0.39, 0.29) is 5.91 Å². The molecule has 4 aromatic rings. The van der Waals surface area contributed by atoms with E-state index in [2.05, 4.69) is 36.6 Å². The first kappa shape index (κ1) is 23.6. The molecule has 0 aliphatic carbocycles. The number of hydrogen-bond donors (Lipinski definition) is 2. The van der Waals surface area contributed by atoms with Crippen molar-refractivity contribution in [1.82, 2.24) is 14.8 Å². The molecule has 3 aromatic carbocycles. The number of hydrogen-bond acceptors (Lipinski definition) is 6. The fourth-order valence-corrected chi connectivity index (χ4v) is 4.62. The molecule has 1 amide bonds. The van der Waals surface area contributed by atoms with Gasteiger partial charge in [0.2, 0.25) is 5.95 Å². The number of para-hydroxylation sites is 1. The molecule has 0 saturated carbocycles. The van der Waals surface area contributed by atoms with Crippen LogP contribution in [0.5, 0.6) is 11.5 Å². The van der Waals surface area contributed by atoms with E-state index in [1.54, 1.807) is 11.8 Å². The lowest BCUT2D eigenvalue weighted by atomic mass is 9.94. The summed E-state index contributed by atoms with van der Waals surface area (Å²) >= 11 is 3.49. The van der Waals surface area contributed by atoms with E-state index in [0.717, 1.165) is 15.6 Å². The molecule has 0 fully saturated rings. The molecule has 0 spiro atoms. The zero-order chi connectivity index (χ0) is 25.1. The predicted octanol–water partition coefficient (Wildman–Crippen LogP) is 5.56. The summed E-state index contributed by atoms with van der Waals surface area (Å²) < 4.78 is 14.4. The number of aromatic nitrogens is 3. The number of amides is 1. The Bertz CT molecular complexity index is 1430. The average molecular weight is 546 g/mol. The van der Waals surface area contributed by atoms with Gasteiger partial charge in [0.15, 0.2) is 11.5 Å². The van der Waals surface area contributed by atoms with Crippen molar-refractivity contribution in [2.24, 2.45) is 0 Å². The van der Waals surface area contributed by atoms with E-state index in [4.69, 9.17) is 9.47 Å². The summed E-state index contributed by atoms with van der Waals surface area (Å²) in [6.45, 7) is 2.25. The van der Waals surface area contributed by atoms with Crippen LogP contribution in [0.25, 0.3) is 0 Å². The van der Waals surface area contributed by atoms with Crippen LogP contribution < -0.4 is 20.1 Å². The van der Waals surface area contributed by atoms with E-state index >= 15 is 0 Å². The highest BCUT2D eigenvalue weighted by atomic mass is 79.9. The molecule has 182 valence electrons. The molecule has 0 saturated heterocycles. The molecule has 0 radical (unpaired) electrons. The number of nitrogens with zero attached hydrogens (tertiary/aromatic N) is 3. The standard InChI is InChI=1S/C27H24BrN5O3/c1-17-24(26(34)32-21-9-4-3-5-10-21)25(33-27(31-17)29-16-30-33)19-11-12-22(23(14-19)35-2)36-15-18-7-6-8-20(28)13-18/h3-14,16,25H,15H2,1-2H3,(H,32,34)(H,29,30,31). The summed E-state index contributed by atoms with van der Waals surface area (Å²) in [5.74, 6) is 1.49. The Morgan fingerprint density at radius 1 is 1.08 bits per heavy atom. The third kappa shape index (κ3) is 4.83. The maximum absolute atomic E-state index is 13.5. The third-order valence-corrected chi connectivity index (χ3v) is 6.35. The van der Waals surface area contributed by atoms with Gasteiger partial charge in [-0.15, -0.1) is 0 Å². The highest BCUT2D eigenvalue weighted by Crippen LogP contribution is 2.39. The first-order valence-corrected chi connectivity index (χ1v) is 12.1. The van der Waals surface area contributed by atoms with E-state index in [0.29, 0.717) is 41.0 Å². The average Bonchev–Trinajstić information content (AvgIpc) is 3.35. The maximum Gasteiger partial charge on any atom is 0.255 e. The van der Waals surface area contributed by atoms with Crippen molar-refractivity contribution < 1.29 is 14.3 Å². The highest BCUT2D eigenvalue weighted by molar-refractivity contribution is 9.10. The molecular formula is C27H24BrN5O3. The largest absolute Gasteiger partial charge is 0.493 e. The minimum atomic E-state index is -0.513. The number of methoxy groups -OCH3 is 1. The molecule has 1 unspecified atom stereocenters. The lowest BCUT2D eigenvalue weighted by Crippen LogP contribution is -2.31. The van der Waals surface area contributed by atoms with Crippen molar-refractivity contribution in [3.63, 3.8) is 0 Å². The van der Waals surface area contributed by atoms with Crippen LogP contribution in [0, 0.1) is 0 Å². The minimum Gasteiger partial charge on any atom is -0.493 e. The topological polar surface area (TPSA) is 90.3 Å². The van der Waals surface area contributed by atoms with Crippen LogP contribution in [0.2, 0.25) is 0 Å². The number of nitrogens with one attached hydrogen (secondary N) is 2. The number of allylic oxidation sites excluding steroid dienone is 1. The quantitative estimate of drug-likeness (QED) is 0.316. The van der Waals surface area contributed by atoms with Crippen molar-refractivity contribution in [2.45, 2.75) is 19.6 Å². The number of rotatable bonds is 7. The molecule has 9 heteroatoms. The molecule has 1 aliphatic heterocycles. The van der Waals surface area contributed by atoms with Gasteiger partial charge in [-0.3, -0.25) is 4.79 Å². The van der Waals surface area contributed by atoms with Crippen LogP contribution in [0.3, 0.4) is 0 Å². The first-order valence-electron chi connectivity index (χ1n) is 11.3. The summed E-state index contributed by atoms with van der Waals surface area (Å²) in [7, 11) is 1.60. The van der Waals surface area contributed by atoms with Crippen LogP contribution in [-0.2, 0) is 11.4 Å². The summed E-state index contributed by atoms with van der Waals surface area (Å²) in [6.07, 6.45) is 1.47. The Morgan fingerprint density at radius 2 is 1.92 bits per heavy atom. The van der Waals surface area contributed by atoms with E-state index in [9.17, 15) is 4.79 Å². The summed E-state index contributed by atoms with van der Waals surface area (Å²) in [5.41, 5.74) is 3.77. The summed E-state index contributed by atoms with van der Waals surface area (Å²) in [4.78, 5) is 17.8. The van der Waals surface area contributed by atoms with Gasteiger partial charge >= 0.3 is 0 Å². The second kappa shape index (κ2) is 10.2. The van der Waals surface area contributed by atoms with Crippen molar-refractivity contribution in [3.8, 4) is 11.5 Å². The van der Waals surface area contributed by atoms with Gasteiger partial charge in [-0.1, -0.05) is 52.3 Å². The number of carbonyl (C=O) groups is 1. The molecule has 1 atom stereocenters. The Morgan fingerprint density at radius 3 is 2.69 bits per heavy atom. The monoisotopic (exact) mass is 545 g/mol. The van der Waals surface area contributed by atoms with Crippen LogP contribution in [0.4, 0.5) is 11.6 Å². The number of carbonyl (C=O) groups excluding carboxylic acids is 1. The first-order chi connectivity index (χ1) is 17.5. The number of fused-ring (bicyclic) bond motifs is 1. The van der Waals surface area contributed by atoms with Gasteiger partial charge < -0.3 is 20.1 Å². The molecule has 2 N–H and O–H groups in total. The third-order valence-electron chi connectivity index (χ3n) is 5.86. The van der Waals surface area contributed by atoms with Crippen LogP contribution in [0.15, 0.2) is 94.9 Å². The number of halogens is 1. The molecule has 1 aliphatic rings. The maximum atomic E-state index is 13.5. The SMILES string of the molecule is COc1cc(C2C(C(=O)Nc3ccccc3)=C(C)Nc3ncnn32)ccc1OCc1cccc(Br)c1. The lowest BCUT2D eigenvalue weighted by molar-refractivity contribution is -0.113. The Kier molecular flexibility index (Phi) is 6.73. The van der Waals surface area contributed by atoms with Gasteiger partial charge in [0.05, 0.1) is 12.7 Å². The number of benzene rings is 3. The van der Waals surface area contributed by atoms with Crippen LogP contribution in [0.1, 0.15) is 24.1 Å². The fraction of sp³-hybridized carbons (Fsp3) is 0.148. The van der Waals surface area contributed by atoms with Crippen LogP contribution >= 0.6 is 15.9 Å². The zero-order valence-corrected chi connectivity index (χ0v) is 21.3. The smallest absolute Gasteiger partial charge is 0.255 e. The van der Waals surface area contributed by atoms with Crippen molar-refractivity contribution in [2.75, 3.05) is 17.7 Å². The molecule has 36 heavy (non-hydrogen) atoms. The van der Waals surface area contributed by atoms with Gasteiger partial charge in [0.25, 0.3) is 5.91 Å². The molecule has 2 heterocycles. The second-order valence-electron chi connectivity index (χ2n) is 8.24. The summed E-state index contributed by atoms with van der Waals surface area (Å²) in [5, 5.41) is 10.6. The fourth-order valence-electron chi connectivity index (χ4n) is 4.17. The van der Waals surface area contributed by atoms with Crippen molar-refractivity contribution >= 4 is 33.5 Å². The Hall–Kier alpha value is -4.11. The second-order valence-corrected chi connectivity index (χ2v) is 9.16. The van der Waals surface area contributed by atoms with E-state index in [1.807, 2.05) is 79.7 Å². The van der Waals surface area contributed by atoms with Crippen LogP contribution in [-0.4, -0.2) is 27.8 Å². The molecule has 0 bridgehead atoms. The highest BCUT2D eigenvalue weighted by Gasteiger charge is 2.34. The van der Waals surface area contributed by atoms with Gasteiger partial charge in [-0.05, 0) is 54.4 Å². The van der Waals surface area contributed by atoms with Crippen molar-refractivity contribution in [3.05, 3.63) is 106 Å². The van der Waals surface area contributed by atoms with E-state index in [1.165, 1.54) is 6.33 Å². The van der Waals surface area contributed by atoms with Gasteiger partial charge in [-0.2, -0.15) is 10.1 Å². The Labute approximate surface area is 217 Å². The van der Waals surface area contributed by atoms with Gasteiger partial charge in [0, 0.05) is 15.9 Å². The zero-order valence-electron chi connectivity index (χ0n) is 19.7. The minimum absolute atomic E-state index is 0.230. The Balaban J connectivity index is 1.47. The van der Waals surface area contributed by atoms with Gasteiger partial charge in [0.1, 0.15) is 19.0 Å². The van der Waals surface area contributed by atoms with Crippen molar-refractivity contribution in [1.29, 1.82) is 0 Å². The molecule has 5 rings (SSSR count). The number of anilines is 2. The molecule has 8 nitrogen and oxygen atoms in total. The summed E-state index contributed by atoms with van der Waals surface area (Å²) in [6, 6.07) is 22.4. The predicted molar refractivity (Wildman–Crippen MR) is 141 cm³/mol. The molecular weight excluding hydrogens is 522 g/mol. The molecule has 1 aromatic heterocycles. The van der Waals surface area contributed by atoms with Gasteiger partial charge in [-0.25, -0.2) is 4.68 Å². The normalized spacial score (nSPS) is 14.6.